The molecule has 0 spiro atoms. The molecule has 178 valence electrons. The van der Waals surface area contributed by atoms with E-state index in [4.69, 9.17) is 0 Å². The van der Waals surface area contributed by atoms with Crippen molar-refractivity contribution in [1.82, 2.24) is 0 Å². The SMILES string of the molecule is CC=CCc1ccc(-c2ccc(-c3ccc(C4CCC(CCC)CC4)c(F)c3)cc2)c(F)c1F. The monoisotopic (exact) mass is 462 g/mol. The third kappa shape index (κ3) is 5.29. The van der Waals surface area contributed by atoms with Crippen LogP contribution in [-0.4, -0.2) is 0 Å². The molecule has 0 amide bonds. The van der Waals surface area contributed by atoms with Crippen LogP contribution in [0.5, 0.6) is 0 Å². The molecular formula is C31H33F3. The number of benzene rings is 3. The molecule has 0 aromatic heterocycles. The molecule has 0 radical (unpaired) electrons. The number of rotatable bonds is 7. The van der Waals surface area contributed by atoms with Gasteiger partial charge in [-0.3, -0.25) is 0 Å². The molecular weight excluding hydrogens is 429 g/mol. The van der Waals surface area contributed by atoms with Crippen molar-refractivity contribution in [2.75, 3.05) is 0 Å². The van der Waals surface area contributed by atoms with Gasteiger partial charge < -0.3 is 0 Å². The van der Waals surface area contributed by atoms with Crippen LogP contribution in [0.4, 0.5) is 13.2 Å². The van der Waals surface area contributed by atoms with Crippen molar-refractivity contribution in [2.45, 2.75) is 64.7 Å². The Morgan fingerprint density at radius 2 is 1.47 bits per heavy atom. The summed E-state index contributed by atoms with van der Waals surface area (Å²) in [6.45, 7) is 4.08. The van der Waals surface area contributed by atoms with E-state index in [9.17, 15) is 8.78 Å². The van der Waals surface area contributed by atoms with Crippen molar-refractivity contribution in [2.24, 2.45) is 5.92 Å². The minimum Gasteiger partial charge on any atom is -0.207 e. The maximum Gasteiger partial charge on any atom is 0.166 e. The van der Waals surface area contributed by atoms with Crippen LogP contribution in [0, 0.1) is 23.4 Å². The van der Waals surface area contributed by atoms with Gasteiger partial charge >= 0.3 is 0 Å². The van der Waals surface area contributed by atoms with Crippen LogP contribution in [0.2, 0.25) is 0 Å². The highest BCUT2D eigenvalue weighted by Gasteiger charge is 2.24. The van der Waals surface area contributed by atoms with Crippen molar-refractivity contribution in [3.8, 4) is 22.3 Å². The summed E-state index contributed by atoms with van der Waals surface area (Å²) in [5, 5.41) is 0. The third-order valence-electron chi connectivity index (χ3n) is 7.25. The summed E-state index contributed by atoms with van der Waals surface area (Å²) in [6, 6.07) is 16.0. The molecule has 0 heterocycles. The van der Waals surface area contributed by atoms with Crippen LogP contribution in [0.15, 0.2) is 66.7 Å². The predicted molar refractivity (Wildman–Crippen MR) is 135 cm³/mol. The number of hydrogen-bond donors (Lipinski definition) is 0. The van der Waals surface area contributed by atoms with Gasteiger partial charge in [0.15, 0.2) is 11.6 Å². The topological polar surface area (TPSA) is 0 Å². The van der Waals surface area contributed by atoms with Crippen molar-refractivity contribution in [3.63, 3.8) is 0 Å². The zero-order valence-electron chi connectivity index (χ0n) is 20.1. The van der Waals surface area contributed by atoms with Crippen LogP contribution in [0.3, 0.4) is 0 Å². The normalized spacial score (nSPS) is 18.5. The summed E-state index contributed by atoms with van der Waals surface area (Å²) in [4.78, 5) is 0. The van der Waals surface area contributed by atoms with Gasteiger partial charge in [0.25, 0.3) is 0 Å². The molecule has 0 bridgehead atoms. The van der Waals surface area contributed by atoms with E-state index in [0.29, 0.717) is 23.5 Å². The lowest BCUT2D eigenvalue weighted by molar-refractivity contribution is 0.304. The van der Waals surface area contributed by atoms with Gasteiger partial charge in [-0.15, -0.1) is 0 Å². The molecule has 0 N–H and O–H groups in total. The Balaban J connectivity index is 1.50. The lowest BCUT2D eigenvalue weighted by Gasteiger charge is -2.29. The fourth-order valence-electron chi connectivity index (χ4n) is 5.27. The van der Waals surface area contributed by atoms with Gasteiger partial charge in [-0.05, 0) is 84.7 Å². The molecule has 0 atom stereocenters. The summed E-state index contributed by atoms with van der Waals surface area (Å²) in [7, 11) is 0. The largest absolute Gasteiger partial charge is 0.207 e. The lowest BCUT2D eigenvalue weighted by Crippen LogP contribution is -2.14. The first-order valence-electron chi connectivity index (χ1n) is 12.5. The molecule has 1 fully saturated rings. The first kappa shape index (κ1) is 24.3. The van der Waals surface area contributed by atoms with E-state index in [2.05, 4.69) is 6.92 Å². The molecule has 3 aromatic rings. The molecule has 1 aliphatic carbocycles. The van der Waals surface area contributed by atoms with Crippen LogP contribution in [0.25, 0.3) is 22.3 Å². The second-order valence-corrected chi connectivity index (χ2v) is 9.49. The minimum atomic E-state index is -0.834. The first-order chi connectivity index (χ1) is 16.5. The smallest absolute Gasteiger partial charge is 0.166 e. The fraction of sp³-hybridized carbons (Fsp3) is 0.355. The van der Waals surface area contributed by atoms with Crippen molar-refractivity contribution in [1.29, 1.82) is 0 Å². The first-order valence-corrected chi connectivity index (χ1v) is 12.5. The second kappa shape index (κ2) is 11.1. The van der Waals surface area contributed by atoms with Gasteiger partial charge in [-0.25, -0.2) is 13.2 Å². The van der Waals surface area contributed by atoms with Crippen molar-refractivity contribution >= 4 is 0 Å². The maximum absolute atomic E-state index is 15.0. The Hall–Kier alpha value is -2.81. The molecule has 3 heteroatoms. The van der Waals surface area contributed by atoms with E-state index in [-0.39, 0.29) is 11.4 Å². The number of allylic oxidation sites excluding steroid dienone is 2. The standard InChI is InChI=1S/C31H33F3/c1-3-5-7-25-16-19-28(31(34)30(25)33)24-14-12-22(13-15-24)26-17-18-27(29(32)20-26)23-10-8-21(6-4-2)9-11-23/h3,5,12-21,23H,4,6-11H2,1-2H3. The average Bonchev–Trinajstić information content (AvgIpc) is 2.86. The Bertz CT molecular complexity index is 1140. The fourth-order valence-corrected chi connectivity index (χ4v) is 5.27. The molecule has 0 nitrogen and oxygen atoms in total. The summed E-state index contributed by atoms with van der Waals surface area (Å²) in [5.41, 5.74) is 3.63. The molecule has 1 aliphatic rings. The van der Waals surface area contributed by atoms with Crippen LogP contribution < -0.4 is 0 Å². The summed E-state index contributed by atoms with van der Waals surface area (Å²) >= 11 is 0. The average molecular weight is 463 g/mol. The van der Waals surface area contributed by atoms with Gasteiger partial charge in [0.1, 0.15) is 5.82 Å². The highest BCUT2D eigenvalue weighted by molar-refractivity contribution is 5.71. The van der Waals surface area contributed by atoms with Gasteiger partial charge in [-0.2, -0.15) is 0 Å². The van der Waals surface area contributed by atoms with E-state index in [1.165, 1.54) is 25.7 Å². The Labute approximate surface area is 201 Å². The van der Waals surface area contributed by atoms with Crippen LogP contribution in [0.1, 0.15) is 69.4 Å². The molecule has 34 heavy (non-hydrogen) atoms. The van der Waals surface area contributed by atoms with E-state index in [0.717, 1.165) is 35.4 Å². The zero-order chi connectivity index (χ0) is 24.1. The van der Waals surface area contributed by atoms with Gasteiger partial charge in [0.2, 0.25) is 0 Å². The minimum absolute atomic E-state index is 0.148. The maximum atomic E-state index is 15.0. The van der Waals surface area contributed by atoms with Gasteiger partial charge in [-0.1, -0.05) is 80.4 Å². The van der Waals surface area contributed by atoms with E-state index in [1.807, 2.05) is 37.3 Å². The third-order valence-corrected chi connectivity index (χ3v) is 7.25. The summed E-state index contributed by atoms with van der Waals surface area (Å²) in [5.74, 6) is -0.687. The van der Waals surface area contributed by atoms with E-state index in [1.54, 1.807) is 36.4 Å². The van der Waals surface area contributed by atoms with Gasteiger partial charge in [0.05, 0.1) is 0 Å². The Morgan fingerprint density at radius 3 is 2.12 bits per heavy atom. The van der Waals surface area contributed by atoms with Crippen LogP contribution >= 0.6 is 0 Å². The Kier molecular flexibility index (Phi) is 7.92. The molecule has 4 rings (SSSR count). The highest BCUT2D eigenvalue weighted by Crippen LogP contribution is 2.39. The predicted octanol–water partition coefficient (Wildman–Crippen LogP) is 9.63. The summed E-state index contributed by atoms with van der Waals surface area (Å²) in [6.07, 6.45) is 11.0. The number of halogens is 3. The van der Waals surface area contributed by atoms with Gasteiger partial charge in [0, 0.05) is 5.56 Å². The Morgan fingerprint density at radius 1 is 0.794 bits per heavy atom. The highest BCUT2D eigenvalue weighted by atomic mass is 19.2. The lowest BCUT2D eigenvalue weighted by atomic mass is 9.77. The zero-order valence-corrected chi connectivity index (χ0v) is 20.1. The van der Waals surface area contributed by atoms with E-state index < -0.39 is 11.6 Å². The molecule has 0 saturated heterocycles. The van der Waals surface area contributed by atoms with E-state index >= 15 is 4.39 Å². The van der Waals surface area contributed by atoms with Crippen LogP contribution in [-0.2, 0) is 6.42 Å². The molecule has 3 aromatic carbocycles. The molecule has 1 saturated carbocycles. The molecule has 0 unspecified atom stereocenters. The van der Waals surface area contributed by atoms with Crippen molar-refractivity contribution in [3.05, 3.63) is 95.3 Å². The quantitative estimate of drug-likeness (QED) is 0.307. The second-order valence-electron chi connectivity index (χ2n) is 9.49. The number of hydrogen-bond acceptors (Lipinski definition) is 0. The summed E-state index contributed by atoms with van der Waals surface area (Å²) < 4.78 is 44.2. The van der Waals surface area contributed by atoms with Crippen molar-refractivity contribution < 1.29 is 13.2 Å². The molecule has 0 aliphatic heterocycles.